The number of quaternary nitrogens is 1. The van der Waals surface area contributed by atoms with Crippen LogP contribution >= 0.6 is 0 Å². The highest BCUT2D eigenvalue weighted by Crippen LogP contribution is 2.18. The molecule has 1 heterocycles. The summed E-state index contributed by atoms with van der Waals surface area (Å²) >= 11 is 0. The minimum absolute atomic E-state index is 0.0614. The quantitative estimate of drug-likeness (QED) is 0.801. The smallest absolute Gasteiger partial charge is 0.227 e. The van der Waals surface area contributed by atoms with Gasteiger partial charge in [0, 0.05) is 12.1 Å². The SMILES string of the molecule is C[N+]1(Cc2ccccc2)CCOC(CNC(=O)C2C=c3ccccc3=CC2)C1. The Balaban J connectivity index is 1.33. The van der Waals surface area contributed by atoms with Gasteiger partial charge in [-0.25, -0.2) is 0 Å². The number of benzene rings is 2. The van der Waals surface area contributed by atoms with E-state index in [4.69, 9.17) is 4.74 Å². The van der Waals surface area contributed by atoms with E-state index in [0.29, 0.717) is 6.54 Å². The highest BCUT2D eigenvalue weighted by molar-refractivity contribution is 5.85. The van der Waals surface area contributed by atoms with Gasteiger partial charge in [-0.2, -0.15) is 0 Å². The molecule has 1 fully saturated rings. The van der Waals surface area contributed by atoms with Gasteiger partial charge in [-0.3, -0.25) is 4.79 Å². The Bertz CT molecular complexity index is 941. The van der Waals surface area contributed by atoms with Crippen LogP contribution in [0.1, 0.15) is 12.0 Å². The van der Waals surface area contributed by atoms with Crippen LogP contribution in [0.3, 0.4) is 0 Å². The van der Waals surface area contributed by atoms with Crippen LogP contribution in [0.2, 0.25) is 0 Å². The molecule has 1 N–H and O–H groups in total. The number of rotatable bonds is 5. The van der Waals surface area contributed by atoms with E-state index in [1.54, 1.807) is 0 Å². The van der Waals surface area contributed by atoms with Crippen molar-refractivity contribution in [2.75, 3.05) is 33.3 Å². The summed E-state index contributed by atoms with van der Waals surface area (Å²) in [5.74, 6) is 0.000807. The normalized spacial score (nSPS) is 26.5. The standard InChI is InChI=1S/C24H28N2O2/c1-26(17-19-7-3-2-4-8-19)13-14-28-23(18-26)16-25-24(27)22-12-11-20-9-5-6-10-21(20)15-22/h2-11,15,22-23H,12-14,16-18H2,1H3/p+1. The maximum absolute atomic E-state index is 12.7. The van der Waals surface area contributed by atoms with E-state index in [9.17, 15) is 4.79 Å². The van der Waals surface area contributed by atoms with Crippen molar-refractivity contribution in [3.05, 3.63) is 70.6 Å². The Morgan fingerprint density at radius 3 is 2.68 bits per heavy atom. The van der Waals surface area contributed by atoms with Gasteiger partial charge in [0.15, 0.2) is 0 Å². The van der Waals surface area contributed by atoms with Gasteiger partial charge in [0.2, 0.25) is 5.91 Å². The third kappa shape index (κ3) is 4.51. The number of amides is 1. The zero-order chi connectivity index (χ0) is 19.4. The molecule has 1 aliphatic heterocycles. The lowest BCUT2D eigenvalue weighted by molar-refractivity contribution is -0.932. The molecule has 2 aromatic carbocycles. The van der Waals surface area contributed by atoms with Gasteiger partial charge in [-0.1, -0.05) is 66.7 Å². The molecule has 4 nitrogen and oxygen atoms in total. The number of morpholine rings is 1. The number of nitrogens with one attached hydrogen (secondary N) is 1. The number of nitrogens with zero attached hydrogens (tertiary/aromatic N) is 1. The Hall–Kier alpha value is -2.43. The minimum Gasteiger partial charge on any atom is -0.365 e. The number of hydrogen-bond acceptors (Lipinski definition) is 2. The highest BCUT2D eigenvalue weighted by atomic mass is 16.5. The van der Waals surface area contributed by atoms with Gasteiger partial charge in [-0.15, -0.1) is 0 Å². The molecule has 146 valence electrons. The summed E-state index contributed by atoms with van der Waals surface area (Å²) < 4.78 is 6.90. The van der Waals surface area contributed by atoms with E-state index in [1.807, 2.05) is 12.1 Å². The van der Waals surface area contributed by atoms with E-state index in [1.165, 1.54) is 10.8 Å². The van der Waals surface area contributed by atoms with Gasteiger partial charge in [0.25, 0.3) is 0 Å². The lowest BCUT2D eigenvalue weighted by Gasteiger charge is -2.41. The van der Waals surface area contributed by atoms with Crippen molar-refractivity contribution in [2.45, 2.75) is 19.1 Å². The Morgan fingerprint density at radius 2 is 1.86 bits per heavy atom. The maximum Gasteiger partial charge on any atom is 0.227 e. The van der Waals surface area contributed by atoms with E-state index in [0.717, 1.165) is 42.4 Å². The van der Waals surface area contributed by atoms with Gasteiger partial charge in [-0.05, 0) is 16.9 Å². The average Bonchev–Trinajstić information content (AvgIpc) is 2.72. The molecular weight excluding hydrogens is 348 g/mol. The minimum atomic E-state index is -0.0938. The number of carbonyl (C=O) groups excluding carboxylic acids is 1. The van der Waals surface area contributed by atoms with Crippen molar-refractivity contribution in [1.82, 2.24) is 5.32 Å². The van der Waals surface area contributed by atoms with Crippen LogP contribution in [0.4, 0.5) is 0 Å². The molecule has 0 aromatic heterocycles. The van der Waals surface area contributed by atoms with Crippen LogP contribution in [0.25, 0.3) is 12.2 Å². The highest BCUT2D eigenvalue weighted by Gasteiger charge is 2.32. The molecule has 3 atom stereocenters. The molecule has 4 rings (SSSR count). The molecule has 3 unspecified atom stereocenters. The first-order chi connectivity index (χ1) is 13.6. The molecule has 28 heavy (non-hydrogen) atoms. The zero-order valence-corrected chi connectivity index (χ0v) is 16.5. The fourth-order valence-corrected chi connectivity index (χ4v) is 4.28. The van der Waals surface area contributed by atoms with Crippen molar-refractivity contribution in [3.63, 3.8) is 0 Å². The number of fused-ring (bicyclic) bond motifs is 1. The number of hydrogen-bond donors (Lipinski definition) is 1. The maximum atomic E-state index is 12.7. The fraction of sp³-hybridized carbons (Fsp3) is 0.375. The van der Waals surface area contributed by atoms with Gasteiger partial charge in [0.1, 0.15) is 25.7 Å². The Morgan fingerprint density at radius 1 is 1.11 bits per heavy atom. The number of carbonyl (C=O) groups is 1. The lowest BCUT2D eigenvalue weighted by atomic mass is 9.96. The lowest BCUT2D eigenvalue weighted by Crippen LogP contribution is -2.57. The Labute approximate surface area is 166 Å². The molecule has 1 aliphatic carbocycles. The summed E-state index contributed by atoms with van der Waals surface area (Å²) in [6.45, 7) is 4.23. The van der Waals surface area contributed by atoms with Crippen molar-refractivity contribution in [2.24, 2.45) is 5.92 Å². The van der Waals surface area contributed by atoms with E-state index in [2.05, 4.69) is 67.0 Å². The monoisotopic (exact) mass is 377 g/mol. The molecule has 2 aromatic rings. The first-order valence-corrected chi connectivity index (χ1v) is 10.2. The molecule has 0 saturated carbocycles. The Kier molecular flexibility index (Phi) is 5.60. The molecule has 4 heteroatoms. The molecular formula is C24H29N2O2+. The van der Waals surface area contributed by atoms with E-state index < -0.39 is 0 Å². The molecule has 0 radical (unpaired) electrons. The third-order valence-electron chi connectivity index (χ3n) is 5.85. The van der Waals surface area contributed by atoms with Crippen molar-refractivity contribution in [1.29, 1.82) is 0 Å². The summed E-state index contributed by atoms with van der Waals surface area (Å²) in [7, 11) is 2.28. The molecule has 0 bridgehead atoms. The zero-order valence-electron chi connectivity index (χ0n) is 16.5. The first kappa shape index (κ1) is 18.9. The second-order valence-corrected chi connectivity index (χ2v) is 8.25. The molecule has 1 saturated heterocycles. The summed E-state index contributed by atoms with van der Waals surface area (Å²) in [5.41, 5.74) is 1.35. The topological polar surface area (TPSA) is 38.3 Å². The number of likely N-dealkylation sites (N-methyl/N-ethyl adjacent to an activating group) is 1. The first-order valence-electron chi connectivity index (χ1n) is 10.2. The predicted octanol–water partition coefficient (Wildman–Crippen LogP) is 1.43. The fourth-order valence-electron chi connectivity index (χ4n) is 4.28. The van der Waals surface area contributed by atoms with Crippen molar-refractivity contribution >= 4 is 18.1 Å². The largest absolute Gasteiger partial charge is 0.365 e. The van der Waals surface area contributed by atoms with Gasteiger partial charge < -0.3 is 14.5 Å². The van der Waals surface area contributed by atoms with Gasteiger partial charge in [0.05, 0.1) is 19.6 Å². The number of ether oxygens (including phenoxy) is 1. The van der Waals surface area contributed by atoms with Crippen molar-refractivity contribution < 1.29 is 14.0 Å². The van der Waals surface area contributed by atoms with Crippen LogP contribution in [-0.2, 0) is 16.1 Å². The van der Waals surface area contributed by atoms with Crippen molar-refractivity contribution in [3.8, 4) is 0 Å². The second-order valence-electron chi connectivity index (χ2n) is 8.25. The summed E-state index contributed by atoms with van der Waals surface area (Å²) in [6, 6.07) is 18.8. The van der Waals surface area contributed by atoms with E-state index >= 15 is 0 Å². The third-order valence-corrected chi connectivity index (χ3v) is 5.85. The van der Waals surface area contributed by atoms with E-state index in [-0.39, 0.29) is 17.9 Å². The molecule has 2 aliphatic rings. The van der Waals surface area contributed by atoms with Crippen LogP contribution < -0.4 is 15.8 Å². The molecule has 1 amide bonds. The van der Waals surface area contributed by atoms with Crippen LogP contribution in [0.15, 0.2) is 54.6 Å². The van der Waals surface area contributed by atoms with Gasteiger partial charge >= 0.3 is 0 Å². The van der Waals surface area contributed by atoms with Crippen LogP contribution in [0, 0.1) is 5.92 Å². The summed E-state index contributed by atoms with van der Waals surface area (Å²) in [6.07, 6.45) is 5.06. The average molecular weight is 378 g/mol. The summed E-state index contributed by atoms with van der Waals surface area (Å²) in [4.78, 5) is 12.7. The van der Waals surface area contributed by atoms with Crippen LogP contribution in [-0.4, -0.2) is 49.8 Å². The van der Waals surface area contributed by atoms with Crippen LogP contribution in [0.5, 0.6) is 0 Å². The second kappa shape index (κ2) is 8.29. The molecule has 0 spiro atoms. The predicted molar refractivity (Wildman–Crippen MR) is 112 cm³/mol. The summed E-state index contributed by atoms with van der Waals surface area (Å²) in [5, 5.41) is 5.50.